The Labute approximate surface area is 210 Å². The molecule has 2 aromatic carbocycles. The van der Waals surface area contributed by atoms with Gasteiger partial charge in [-0.05, 0) is 76.9 Å². The molecular formula is C26H31Cl2N3O3. The van der Waals surface area contributed by atoms with Gasteiger partial charge in [0.05, 0.1) is 5.02 Å². The van der Waals surface area contributed by atoms with Crippen LogP contribution in [-0.4, -0.2) is 46.8 Å². The first-order valence-electron chi connectivity index (χ1n) is 11.2. The van der Waals surface area contributed by atoms with Crippen molar-refractivity contribution in [3.05, 3.63) is 75.5 Å². The van der Waals surface area contributed by atoms with Gasteiger partial charge in [0.15, 0.2) is 0 Å². The van der Waals surface area contributed by atoms with E-state index in [1.54, 1.807) is 31.2 Å². The topological polar surface area (TPSA) is 92.6 Å². The number of hydrogen-bond donors (Lipinski definition) is 2. The Morgan fingerprint density at radius 1 is 1.18 bits per heavy atom. The van der Waals surface area contributed by atoms with Crippen LogP contribution in [0.25, 0.3) is 11.3 Å². The highest BCUT2D eigenvalue weighted by Crippen LogP contribution is 2.35. The van der Waals surface area contributed by atoms with Crippen LogP contribution in [0.3, 0.4) is 0 Å². The highest BCUT2D eigenvalue weighted by Gasteiger charge is 2.36. The Hall–Kier alpha value is -2.38. The third-order valence-electron chi connectivity index (χ3n) is 6.54. The number of nitrogens with two attached hydrogens (primary N) is 1. The summed E-state index contributed by atoms with van der Waals surface area (Å²) in [7, 11) is 4.36. The van der Waals surface area contributed by atoms with E-state index >= 15 is 0 Å². The largest absolute Gasteiger partial charge is 0.477 e. The first-order valence-corrected chi connectivity index (χ1v) is 12.0. The number of carboxylic acids is 1. The predicted molar refractivity (Wildman–Crippen MR) is 137 cm³/mol. The number of nitrogens with zero attached hydrogens (tertiary/aromatic N) is 2. The zero-order chi connectivity index (χ0) is 24.9. The predicted octanol–water partition coefficient (Wildman–Crippen LogP) is 6.09. The molecule has 0 aliphatic heterocycles. The number of benzene rings is 2. The molecular weight excluding hydrogens is 473 g/mol. The number of aromatic carboxylic acids is 1. The van der Waals surface area contributed by atoms with Crippen molar-refractivity contribution in [3.8, 4) is 11.3 Å². The van der Waals surface area contributed by atoms with Gasteiger partial charge < -0.3 is 20.3 Å². The third-order valence-corrected chi connectivity index (χ3v) is 7.10. The van der Waals surface area contributed by atoms with Crippen LogP contribution < -0.4 is 5.73 Å². The van der Waals surface area contributed by atoms with Gasteiger partial charge in [-0.2, -0.15) is 0 Å². The summed E-state index contributed by atoms with van der Waals surface area (Å²) in [4.78, 5) is 13.4. The van der Waals surface area contributed by atoms with E-state index in [0.29, 0.717) is 16.6 Å². The van der Waals surface area contributed by atoms with Gasteiger partial charge in [-0.15, -0.1) is 0 Å². The number of aryl methyl sites for hydroxylation is 1. The maximum Gasteiger partial charge on any atom is 0.341 e. The minimum Gasteiger partial charge on any atom is -0.477 e. The second kappa shape index (κ2) is 11.4. The number of hydrogen-bond acceptors (Lipinski definition) is 5. The summed E-state index contributed by atoms with van der Waals surface area (Å²) in [6.07, 6.45) is 5.66. The summed E-state index contributed by atoms with van der Waals surface area (Å²) < 4.78 is 4.88. The third kappa shape index (κ3) is 6.19. The molecule has 1 heterocycles. The molecule has 0 amide bonds. The molecule has 1 saturated carbocycles. The Balaban J connectivity index is 0.000000192. The number of carboxylic acid groups (broad SMARTS) is 1. The zero-order valence-corrected chi connectivity index (χ0v) is 21.2. The molecule has 3 aromatic rings. The summed E-state index contributed by atoms with van der Waals surface area (Å²) in [5, 5.41) is 14.0. The minimum absolute atomic E-state index is 0.0492. The van der Waals surface area contributed by atoms with E-state index in [1.807, 2.05) is 12.1 Å². The van der Waals surface area contributed by atoms with Crippen LogP contribution in [-0.2, 0) is 6.42 Å². The highest BCUT2D eigenvalue weighted by molar-refractivity contribution is 6.33. The lowest BCUT2D eigenvalue weighted by molar-refractivity contribution is 0.0695. The zero-order valence-electron chi connectivity index (χ0n) is 19.7. The van der Waals surface area contributed by atoms with Crippen molar-refractivity contribution in [2.75, 3.05) is 14.1 Å². The molecule has 1 fully saturated rings. The van der Waals surface area contributed by atoms with Crippen molar-refractivity contribution in [1.82, 2.24) is 10.1 Å². The van der Waals surface area contributed by atoms with Gasteiger partial charge in [0.2, 0.25) is 0 Å². The van der Waals surface area contributed by atoms with Crippen LogP contribution in [0, 0.1) is 6.92 Å². The lowest BCUT2D eigenvalue weighted by Gasteiger charge is -2.45. The van der Waals surface area contributed by atoms with Crippen molar-refractivity contribution in [2.45, 2.75) is 50.6 Å². The molecule has 34 heavy (non-hydrogen) atoms. The SMILES string of the molecule is CN(C)C1(Cc2cccc(Cl)c2)CCC(N)CC1.Cc1onc(-c2ccccc2Cl)c1C(=O)O. The highest BCUT2D eigenvalue weighted by atomic mass is 35.5. The second-order valence-electron chi connectivity index (χ2n) is 9.01. The first kappa shape index (κ1) is 26.2. The quantitative estimate of drug-likeness (QED) is 0.437. The maximum atomic E-state index is 11.0. The summed E-state index contributed by atoms with van der Waals surface area (Å²) in [6, 6.07) is 15.5. The Morgan fingerprint density at radius 2 is 1.85 bits per heavy atom. The molecule has 0 unspecified atom stereocenters. The van der Waals surface area contributed by atoms with Crippen LogP contribution in [0.5, 0.6) is 0 Å². The summed E-state index contributed by atoms with van der Waals surface area (Å²) >= 11 is 12.0. The maximum absolute atomic E-state index is 11.0. The van der Waals surface area contributed by atoms with Crippen LogP contribution in [0.4, 0.5) is 0 Å². The van der Waals surface area contributed by atoms with Crippen molar-refractivity contribution in [2.24, 2.45) is 5.73 Å². The van der Waals surface area contributed by atoms with E-state index in [9.17, 15) is 4.79 Å². The van der Waals surface area contributed by atoms with Crippen LogP contribution in [0.1, 0.15) is 47.4 Å². The Kier molecular flexibility index (Phi) is 8.77. The van der Waals surface area contributed by atoms with Gasteiger partial charge in [0, 0.05) is 22.2 Å². The van der Waals surface area contributed by atoms with Gasteiger partial charge in [0.25, 0.3) is 0 Å². The van der Waals surface area contributed by atoms with Gasteiger partial charge >= 0.3 is 5.97 Å². The molecule has 3 N–H and O–H groups in total. The molecule has 0 saturated heterocycles. The van der Waals surface area contributed by atoms with Gasteiger partial charge in [-0.1, -0.05) is 58.7 Å². The van der Waals surface area contributed by atoms with E-state index < -0.39 is 5.97 Å². The molecule has 0 radical (unpaired) electrons. The smallest absolute Gasteiger partial charge is 0.341 e. The number of carbonyl (C=O) groups is 1. The van der Waals surface area contributed by atoms with E-state index in [4.69, 9.17) is 38.6 Å². The molecule has 4 rings (SSSR count). The van der Waals surface area contributed by atoms with Gasteiger partial charge in [-0.25, -0.2) is 4.79 Å². The lowest BCUT2D eigenvalue weighted by Crippen LogP contribution is -2.50. The molecule has 6 nitrogen and oxygen atoms in total. The Morgan fingerprint density at radius 3 is 2.44 bits per heavy atom. The average molecular weight is 504 g/mol. The number of rotatable bonds is 5. The number of halogens is 2. The molecule has 0 spiro atoms. The molecule has 0 bridgehead atoms. The van der Waals surface area contributed by atoms with Crippen LogP contribution in [0.15, 0.2) is 53.1 Å². The Bertz CT molecular complexity index is 1120. The van der Waals surface area contributed by atoms with Crippen LogP contribution >= 0.6 is 23.2 Å². The fourth-order valence-electron chi connectivity index (χ4n) is 4.45. The first-order chi connectivity index (χ1) is 16.1. The van der Waals surface area contributed by atoms with Crippen molar-refractivity contribution in [1.29, 1.82) is 0 Å². The van der Waals surface area contributed by atoms with E-state index in [-0.39, 0.29) is 22.6 Å². The molecule has 1 aliphatic rings. The van der Waals surface area contributed by atoms with Crippen molar-refractivity contribution < 1.29 is 14.4 Å². The fraction of sp³-hybridized carbons (Fsp3) is 0.385. The standard InChI is InChI=1S/C15H23ClN2.C11H8ClNO3/c1-18(2)15(8-6-14(17)7-9-15)11-12-4-3-5-13(16)10-12;1-6-9(11(14)15)10(13-16-6)7-4-2-3-5-8(7)12/h3-5,10,14H,6-9,11,17H2,1-2H3;2-5H,1H3,(H,14,15). The van der Waals surface area contributed by atoms with Gasteiger partial charge in [0.1, 0.15) is 17.0 Å². The van der Waals surface area contributed by atoms with Gasteiger partial charge in [-0.3, -0.25) is 0 Å². The minimum atomic E-state index is -1.08. The van der Waals surface area contributed by atoms with E-state index in [0.717, 1.165) is 24.3 Å². The monoisotopic (exact) mass is 503 g/mol. The lowest BCUT2D eigenvalue weighted by atomic mass is 9.75. The molecule has 1 aromatic heterocycles. The molecule has 1 aliphatic carbocycles. The summed E-state index contributed by atoms with van der Waals surface area (Å²) in [5.74, 6) is -0.809. The molecule has 182 valence electrons. The van der Waals surface area contributed by atoms with E-state index in [2.05, 4.69) is 36.3 Å². The summed E-state index contributed by atoms with van der Waals surface area (Å²) in [5.41, 5.74) is 8.47. The van der Waals surface area contributed by atoms with E-state index in [1.165, 1.54) is 18.4 Å². The van der Waals surface area contributed by atoms with Crippen molar-refractivity contribution >= 4 is 29.2 Å². The number of aromatic nitrogens is 1. The van der Waals surface area contributed by atoms with Crippen molar-refractivity contribution in [3.63, 3.8) is 0 Å². The normalized spacial score (nSPS) is 20.0. The summed E-state index contributed by atoms with van der Waals surface area (Å²) in [6.45, 7) is 1.55. The number of likely N-dealkylation sites (N-methyl/N-ethyl adjacent to an activating group) is 1. The fourth-order valence-corrected chi connectivity index (χ4v) is 4.89. The average Bonchev–Trinajstić information content (AvgIpc) is 3.17. The van der Waals surface area contributed by atoms with Crippen LogP contribution in [0.2, 0.25) is 10.0 Å². The molecule has 8 heteroatoms. The second-order valence-corrected chi connectivity index (χ2v) is 9.85. The molecule has 0 atom stereocenters.